The summed E-state index contributed by atoms with van der Waals surface area (Å²) in [6.45, 7) is 9.39. The molecule has 0 N–H and O–H groups in total. The minimum absolute atomic E-state index is 0.0152. The zero-order chi connectivity index (χ0) is 15.1. The molecule has 1 aliphatic carbocycles. The van der Waals surface area contributed by atoms with Gasteiger partial charge in [0.1, 0.15) is 5.60 Å². The maximum absolute atomic E-state index is 12.4. The minimum atomic E-state index is -0.708. The van der Waals surface area contributed by atoms with Crippen molar-refractivity contribution in [2.75, 3.05) is 7.11 Å². The van der Waals surface area contributed by atoms with Crippen molar-refractivity contribution in [3.05, 3.63) is 12.2 Å². The van der Waals surface area contributed by atoms with Crippen LogP contribution in [0, 0.1) is 5.92 Å². The van der Waals surface area contributed by atoms with Crippen LogP contribution in [0.25, 0.3) is 0 Å². The Morgan fingerprint density at radius 2 is 1.90 bits per heavy atom. The number of methoxy groups -OCH3 is 1. The molecule has 112 valence electrons. The SMILES string of the molecule is C=C1CC(C2CC2)N(C(=O)OC(C)(C)C)C1C(=O)OC. The lowest BCUT2D eigenvalue weighted by Gasteiger charge is -2.31. The number of rotatable bonds is 2. The molecule has 1 saturated carbocycles. The van der Waals surface area contributed by atoms with Gasteiger partial charge in [0.2, 0.25) is 0 Å². The van der Waals surface area contributed by atoms with Crippen LogP contribution in [0.4, 0.5) is 4.79 Å². The van der Waals surface area contributed by atoms with Gasteiger partial charge in [0.25, 0.3) is 0 Å². The van der Waals surface area contributed by atoms with E-state index < -0.39 is 23.7 Å². The highest BCUT2D eigenvalue weighted by Crippen LogP contribution is 2.44. The molecule has 0 spiro atoms. The van der Waals surface area contributed by atoms with E-state index in [9.17, 15) is 9.59 Å². The summed E-state index contributed by atoms with van der Waals surface area (Å²) in [6.07, 6.45) is 2.38. The first kappa shape index (κ1) is 14.9. The van der Waals surface area contributed by atoms with Gasteiger partial charge >= 0.3 is 12.1 Å². The van der Waals surface area contributed by atoms with Crippen molar-refractivity contribution in [2.24, 2.45) is 5.92 Å². The molecule has 5 nitrogen and oxygen atoms in total. The molecule has 0 radical (unpaired) electrons. The third-order valence-corrected chi connectivity index (χ3v) is 3.69. The summed E-state index contributed by atoms with van der Waals surface area (Å²) in [5.74, 6) is 0.0120. The van der Waals surface area contributed by atoms with Crippen LogP contribution in [-0.2, 0) is 14.3 Å². The predicted molar refractivity (Wildman–Crippen MR) is 74.1 cm³/mol. The van der Waals surface area contributed by atoms with Gasteiger partial charge in [-0.15, -0.1) is 0 Å². The van der Waals surface area contributed by atoms with Crippen LogP contribution in [-0.4, -0.2) is 41.8 Å². The number of nitrogens with zero attached hydrogens (tertiary/aromatic N) is 1. The number of esters is 1. The maximum atomic E-state index is 12.4. The molecular formula is C15H23NO4. The third kappa shape index (κ3) is 2.97. The lowest BCUT2D eigenvalue weighted by molar-refractivity contribution is -0.145. The minimum Gasteiger partial charge on any atom is -0.467 e. The van der Waals surface area contributed by atoms with Gasteiger partial charge in [-0.3, -0.25) is 4.90 Å². The van der Waals surface area contributed by atoms with E-state index in [4.69, 9.17) is 9.47 Å². The molecule has 2 rings (SSSR count). The van der Waals surface area contributed by atoms with Crippen molar-refractivity contribution in [2.45, 2.75) is 57.7 Å². The Labute approximate surface area is 119 Å². The zero-order valence-corrected chi connectivity index (χ0v) is 12.6. The highest BCUT2D eigenvalue weighted by Gasteiger charge is 2.50. The first-order valence-corrected chi connectivity index (χ1v) is 7.01. The van der Waals surface area contributed by atoms with Crippen LogP contribution in [0.2, 0.25) is 0 Å². The normalized spacial score (nSPS) is 26.6. The second-order valence-electron chi connectivity index (χ2n) is 6.58. The summed E-state index contributed by atoms with van der Waals surface area (Å²) in [6, 6.07) is -0.693. The Hall–Kier alpha value is -1.52. The fraction of sp³-hybridized carbons (Fsp3) is 0.733. The summed E-state index contributed by atoms with van der Waals surface area (Å²) < 4.78 is 10.3. The molecule has 2 aliphatic rings. The van der Waals surface area contributed by atoms with Crippen molar-refractivity contribution in [3.63, 3.8) is 0 Å². The Bertz CT molecular complexity index is 434. The summed E-state index contributed by atoms with van der Waals surface area (Å²) in [5.41, 5.74) is 0.148. The number of carbonyl (C=O) groups excluding carboxylic acids is 2. The number of likely N-dealkylation sites (tertiary alicyclic amines) is 1. The number of hydrogen-bond donors (Lipinski definition) is 0. The van der Waals surface area contributed by atoms with E-state index in [-0.39, 0.29) is 6.04 Å². The van der Waals surface area contributed by atoms with Crippen LogP contribution in [0.1, 0.15) is 40.0 Å². The van der Waals surface area contributed by atoms with Gasteiger partial charge in [0, 0.05) is 6.04 Å². The highest BCUT2D eigenvalue weighted by molar-refractivity contribution is 5.86. The largest absolute Gasteiger partial charge is 0.467 e. The Balaban J connectivity index is 2.23. The lowest BCUT2D eigenvalue weighted by atomic mass is 10.1. The first-order valence-electron chi connectivity index (χ1n) is 7.01. The van der Waals surface area contributed by atoms with Gasteiger partial charge in [0.05, 0.1) is 7.11 Å². The van der Waals surface area contributed by atoms with Crippen LogP contribution < -0.4 is 0 Å². The molecule has 0 bridgehead atoms. The fourth-order valence-corrected chi connectivity index (χ4v) is 2.69. The van der Waals surface area contributed by atoms with Crippen molar-refractivity contribution >= 4 is 12.1 Å². The molecule has 2 unspecified atom stereocenters. The number of ether oxygens (including phenoxy) is 2. The molecule has 2 atom stereocenters. The molecule has 0 aromatic rings. The van der Waals surface area contributed by atoms with Gasteiger partial charge in [-0.25, -0.2) is 9.59 Å². The Morgan fingerprint density at radius 3 is 2.35 bits per heavy atom. The zero-order valence-electron chi connectivity index (χ0n) is 12.6. The van der Waals surface area contributed by atoms with Crippen molar-refractivity contribution in [1.82, 2.24) is 4.90 Å². The number of hydrogen-bond acceptors (Lipinski definition) is 4. The summed E-state index contributed by atoms with van der Waals surface area (Å²) in [5, 5.41) is 0. The van der Waals surface area contributed by atoms with Crippen LogP contribution in [0.5, 0.6) is 0 Å². The molecule has 1 aliphatic heterocycles. The van der Waals surface area contributed by atoms with Crippen molar-refractivity contribution in [3.8, 4) is 0 Å². The summed E-state index contributed by atoms with van der Waals surface area (Å²) in [7, 11) is 1.33. The van der Waals surface area contributed by atoms with E-state index in [0.29, 0.717) is 12.3 Å². The molecule has 0 aromatic carbocycles. The molecular weight excluding hydrogens is 258 g/mol. The lowest BCUT2D eigenvalue weighted by Crippen LogP contribution is -2.48. The predicted octanol–water partition coefficient (Wildman–Crippen LogP) is 2.50. The maximum Gasteiger partial charge on any atom is 0.411 e. The standard InChI is InChI=1S/C15H23NO4/c1-9-8-11(10-6-7-10)16(12(9)13(17)19-5)14(18)20-15(2,3)4/h10-12H,1,6-8H2,2-5H3. The summed E-state index contributed by atoms with van der Waals surface area (Å²) >= 11 is 0. The molecule has 2 fully saturated rings. The molecule has 5 heteroatoms. The average Bonchev–Trinajstić information content (AvgIpc) is 3.09. The average molecular weight is 281 g/mol. The smallest absolute Gasteiger partial charge is 0.411 e. The summed E-state index contributed by atoms with van der Waals surface area (Å²) in [4.78, 5) is 25.9. The molecule has 20 heavy (non-hydrogen) atoms. The Morgan fingerprint density at radius 1 is 1.30 bits per heavy atom. The van der Waals surface area contributed by atoms with Gasteiger partial charge in [-0.2, -0.15) is 0 Å². The van der Waals surface area contributed by atoms with Gasteiger partial charge in [0.15, 0.2) is 6.04 Å². The quantitative estimate of drug-likeness (QED) is 0.576. The van der Waals surface area contributed by atoms with E-state index >= 15 is 0 Å². The van der Waals surface area contributed by atoms with E-state index in [1.54, 1.807) is 0 Å². The van der Waals surface area contributed by atoms with Gasteiger partial charge < -0.3 is 9.47 Å². The van der Waals surface area contributed by atoms with Crippen LogP contribution in [0.3, 0.4) is 0 Å². The fourth-order valence-electron chi connectivity index (χ4n) is 2.69. The second-order valence-corrected chi connectivity index (χ2v) is 6.58. The number of carbonyl (C=O) groups is 2. The van der Waals surface area contributed by atoms with Crippen molar-refractivity contribution < 1.29 is 19.1 Å². The van der Waals surface area contributed by atoms with Crippen molar-refractivity contribution in [1.29, 1.82) is 0 Å². The van der Waals surface area contributed by atoms with E-state index in [1.807, 2.05) is 20.8 Å². The molecule has 1 amide bonds. The monoisotopic (exact) mass is 281 g/mol. The van der Waals surface area contributed by atoms with Crippen LogP contribution in [0.15, 0.2) is 12.2 Å². The third-order valence-electron chi connectivity index (χ3n) is 3.69. The molecule has 1 saturated heterocycles. The topological polar surface area (TPSA) is 55.8 Å². The highest BCUT2D eigenvalue weighted by atomic mass is 16.6. The van der Waals surface area contributed by atoms with E-state index in [0.717, 1.165) is 18.4 Å². The van der Waals surface area contributed by atoms with Crippen LogP contribution >= 0.6 is 0 Å². The second kappa shape index (κ2) is 5.11. The Kier molecular flexibility index (Phi) is 3.80. The van der Waals surface area contributed by atoms with E-state index in [1.165, 1.54) is 12.0 Å². The first-order chi connectivity index (χ1) is 9.24. The van der Waals surface area contributed by atoms with E-state index in [2.05, 4.69) is 6.58 Å². The number of amides is 1. The van der Waals surface area contributed by atoms with Gasteiger partial charge in [-0.1, -0.05) is 6.58 Å². The molecule has 1 heterocycles. The molecule has 0 aromatic heterocycles. The van der Waals surface area contributed by atoms with Gasteiger partial charge in [-0.05, 0) is 51.5 Å².